The van der Waals surface area contributed by atoms with Gasteiger partial charge in [-0.25, -0.2) is 8.42 Å². The van der Waals surface area contributed by atoms with Gasteiger partial charge in [-0.2, -0.15) is 0 Å². The average Bonchev–Trinajstić information content (AvgIpc) is 2.63. The summed E-state index contributed by atoms with van der Waals surface area (Å²) in [6, 6.07) is 10.6. The van der Waals surface area contributed by atoms with Crippen molar-refractivity contribution in [1.82, 2.24) is 0 Å². The first-order valence-electron chi connectivity index (χ1n) is 8.68. The fraction of sp³-hybridized carbons (Fsp3) is 0.250. The van der Waals surface area contributed by atoms with Gasteiger partial charge in [0.2, 0.25) is 15.9 Å². The summed E-state index contributed by atoms with van der Waals surface area (Å²) in [6.45, 7) is 3.55. The van der Waals surface area contributed by atoms with Crippen LogP contribution >= 0.6 is 15.9 Å². The molecule has 1 amide bonds. The third-order valence-corrected chi connectivity index (χ3v) is 5.91. The van der Waals surface area contributed by atoms with E-state index in [0.717, 1.165) is 10.0 Å². The second-order valence-electron chi connectivity index (χ2n) is 6.11. The molecule has 2 N–H and O–H groups in total. The number of rotatable bonds is 8. The maximum absolute atomic E-state index is 12.3. The molecule has 0 aliphatic carbocycles. The maximum Gasteiger partial charge on any atom is 0.248 e. The molecule has 2 aromatic rings. The Labute approximate surface area is 174 Å². The molecule has 0 heterocycles. The van der Waals surface area contributed by atoms with E-state index < -0.39 is 10.0 Å². The molecule has 0 radical (unpaired) electrons. The summed E-state index contributed by atoms with van der Waals surface area (Å²) >= 11 is 3.39. The zero-order valence-corrected chi connectivity index (χ0v) is 18.4. The summed E-state index contributed by atoms with van der Waals surface area (Å²) in [5.74, 6) is 0.356. The topological polar surface area (TPSA) is 84.5 Å². The van der Waals surface area contributed by atoms with E-state index in [9.17, 15) is 13.2 Å². The molecule has 0 saturated carbocycles. The van der Waals surface area contributed by atoms with Crippen LogP contribution in [0.2, 0.25) is 0 Å². The standard InChI is InChI=1S/C20H23BrN2O4S/c1-4-12-28(25,26)23-18-7-5-6-17(14(18)2)22-20(24)11-8-15-13-16(21)9-10-19(15)27-3/h5-11,13,23H,4,12H2,1-3H3,(H,22,24)/b11-8+. The summed E-state index contributed by atoms with van der Waals surface area (Å²) in [4.78, 5) is 12.3. The summed E-state index contributed by atoms with van der Waals surface area (Å²) in [6.07, 6.45) is 3.58. The van der Waals surface area contributed by atoms with E-state index in [-0.39, 0.29) is 11.7 Å². The van der Waals surface area contributed by atoms with Crippen molar-refractivity contribution in [2.75, 3.05) is 22.9 Å². The lowest BCUT2D eigenvalue weighted by molar-refractivity contribution is -0.111. The summed E-state index contributed by atoms with van der Waals surface area (Å²) in [7, 11) is -1.84. The van der Waals surface area contributed by atoms with E-state index in [4.69, 9.17) is 4.74 Å². The third kappa shape index (κ3) is 6.10. The van der Waals surface area contributed by atoms with Crippen LogP contribution in [-0.2, 0) is 14.8 Å². The molecule has 150 valence electrons. The predicted molar refractivity (Wildman–Crippen MR) is 117 cm³/mol. The van der Waals surface area contributed by atoms with Crippen molar-refractivity contribution < 1.29 is 17.9 Å². The second kappa shape index (κ2) is 9.75. The molecule has 8 heteroatoms. The number of halogens is 1. The lowest BCUT2D eigenvalue weighted by atomic mass is 10.1. The van der Waals surface area contributed by atoms with Gasteiger partial charge in [-0.1, -0.05) is 28.9 Å². The first-order valence-corrected chi connectivity index (χ1v) is 11.1. The number of benzene rings is 2. The summed E-state index contributed by atoms with van der Waals surface area (Å²) < 4.78 is 32.7. The van der Waals surface area contributed by atoms with Crippen LogP contribution in [0.15, 0.2) is 46.9 Å². The lowest BCUT2D eigenvalue weighted by Gasteiger charge is -2.13. The number of carbonyl (C=O) groups excluding carboxylic acids is 1. The third-order valence-electron chi connectivity index (χ3n) is 3.94. The Hall–Kier alpha value is -2.32. The Bertz CT molecular complexity index is 988. The minimum absolute atomic E-state index is 0.0419. The van der Waals surface area contributed by atoms with Crippen molar-refractivity contribution in [2.24, 2.45) is 0 Å². The monoisotopic (exact) mass is 466 g/mol. The minimum atomic E-state index is -3.41. The van der Waals surface area contributed by atoms with Crippen molar-refractivity contribution in [1.29, 1.82) is 0 Å². The Balaban J connectivity index is 2.17. The van der Waals surface area contributed by atoms with Crippen molar-refractivity contribution >= 4 is 49.3 Å². The van der Waals surface area contributed by atoms with Crippen molar-refractivity contribution in [3.05, 3.63) is 58.1 Å². The maximum atomic E-state index is 12.3. The van der Waals surface area contributed by atoms with Crippen LogP contribution in [0.1, 0.15) is 24.5 Å². The number of nitrogens with one attached hydrogen (secondary N) is 2. The molecule has 2 aromatic carbocycles. The molecule has 0 bridgehead atoms. The number of carbonyl (C=O) groups is 1. The first kappa shape index (κ1) is 22.0. The Morgan fingerprint density at radius 2 is 1.93 bits per heavy atom. The highest BCUT2D eigenvalue weighted by molar-refractivity contribution is 9.10. The number of ether oxygens (including phenoxy) is 1. The van der Waals surface area contributed by atoms with Gasteiger partial charge in [-0.05, 0) is 55.3 Å². The largest absolute Gasteiger partial charge is 0.496 e. The van der Waals surface area contributed by atoms with Crippen LogP contribution < -0.4 is 14.8 Å². The zero-order valence-electron chi connectivity index (χ0n) is 16.0. The van der Waals surface area contributed by atoms with E-state index in [1.807, 2.05) is 12.1 Å². The SMILES string of the molecule is CCCS(=O)(=O)Nc1cccc(NC(=O)/C=C/c2cc(Br)ccc2OC)c1C. The van der Waals surface area contributed by atoms with Gasteiger partial charge in [0.1, 0.15) is 5.75 Å². The average molecular weight is 467 g/mol. The molecule has 6 nitrogen and oxygen atoms in total. The highest BCUT2D eigenvalue weighted by atomic mass is 79.9. The van der Waals surface area contributed by atoms with Crippen LogP contribution in [0.5, 0.6) is 5.75 Å². The van der Waals surface area contributed by atoms with Gasteiger partial charge in [0.25, 0.3) is 0 Å². The van der Waals surface area contributed by atoms with Gasteiger partial charge in [0.05, 0.1) is 18.6 Å². The predicted octanol–water partition coefficient (Wildman–Crippen LogP) is 4.57. The van der Waals surface area contributed by atoms with Crippen molar-refractivity contribution in [3.63, 3.8) is 0 Å². The van der Waals surface area contributed by atoms with Gasteiger partial charge in [-0.3, -0.25) is 9.52 Å². The van der Waals surface area contributed by atoms with Gasteiger partial charge in [-0.15, -0.1) is 0 Å². The molecule has 0 unspecified atom stereocenters. The highest BCUT2D eigenvalue weighted by Crippen LogP contribution is 2.26. The van der Waals surface area contributed by atoms with Gasteiger partial charge < -0.3 is 10.1 Å². The van der Waals surface area contributed by atoms with Crippen LogP contribution in [0.3, 0.4) is 0 Å². The molecule has 0 atom stereocenters. The van der Waals surface area contributed by atoms with Gasteiger partial charge in [0.15, 0.2) is 0 Å². The molecule has 0 aromatic heterocycles. The summed E-state index contributed by atoms with van der Waals surface area (Å²) in [5, 5.41) is 2.78. The van der Waals surface area contributed by atoms with Crippen molar-refractivity contribution in [2.45, 2.75) is 20.3 Å². The number of hydrogen-bond acceptors (Lipinski definition) is 4. The summed E-state index contributed by atoms with van der Waals surface area (Å²) in [5.41, 5.74) is 2.38. The van der Waals surface area contributed by atoms with Crippen molar-refractivity contribution in [3.8, 4) is 5.75 Å². The number of hydrogen-bond donors (Lipinski definition) is 2. The number of sulfonamides is 1. The quantitative estimate of drug-likeness (QED) is 0.557. The molecule has 0 aliphatic rings. The minimum Gasteiger partial charge on any atom is -0.496 e. The molecule has 0 saturated heterocycles. The molecule has 2 rings (SSSR count). The fourth-order valence-electron chi connectivity index (χ4n) is 2.54. The number of methoxy groups -OCH3 is 1. The first-order chi connectivity index (χ1) is 13.3. The smallest absolute Gasteiger partial charge is 0.248 e. The normalized spacial score (nSPS) is 11.4. The van der Waals surface area contributed by atoms with Crippen LogP contribution in [-0.4, -0.2) is 27.2 Å². The van der Waals surface area contributed by atoms with E-state index in [2.05, 4.69) is 26.0 Å². The Kier molecular flexibility index (Phi) is 7.65. The van der Waals surface area contributed by atoms with Gasteiger partial charge in [0, 0.05) is 21.8 Å². The lowest BCUT2D eigenvalue weighted by Crippen LogP contribution is -2.17. The van der Waals surface area contributed by atoms with Crippen LogP contribution in [0.4, 0.5) is 11.4 Å². The van der Waals surface area contributed by atoms with E-state index >= 15 is 0 Å². The highest BCUT2D eigenvalue weighted by Gasteiger charge is 2.13. The van der Waals surface area contributed by atoms with E-state index in [0.29, 0.717) is 29.1 Å². The van der Waals surface area contributed by atoms with Crippen LogP contribution in [0.25, 0.3) is 6.08 Å². The molecule has 0 fully saturated rings. The van der Waals surface area contributed by atoms with Crippen LogP contribution in [0, 0.1) is 6.92 Å². The van der Waals surface area contributed by atoms with E-state index in [1.54, 1.807) is 51.3 Å². The Morgan fingerprint density at radius 1 is 1.21 bits per heavy atom. The molecule has 28 heavy (non-hydrogen) atoms. The molecular formula is C20H23BrN2O4S. The zero-order chi connectivity index (χ0) is 20.7. The second-order valence-corrected chi connectivity index (χ2v) is 8.87. The number of amides is 1. The molecule has 0 spiro atoms. The number of anilines is 2. The molecular weight excluding hydrogens is 444 g/mol. The van der Waals surface area contributed by atoms with Gasteiger partial charge >= 0.3 is 0 Å². The Morgan fingerprint density at radius 3 is 2.61 bits per heavy atom. The van der Waals surface area contributed by atoms with E-state index in [1.165, 1.54) is 6.08 Å². The fourth-order valence-corrected chi connectivity index (χ4v) is 4.12. The molecule has 0 aliphatic heterocycles.